The second kappa shape index (κ2) is 12.3. The largest absolute Gasteiger partial charge is 0.497 e. The molecular weight excluding hydrogens is 521 g/mol. The summed E-state index contributed by atoms with van der Waals surface area (Å²) < 4.78 is 31.4. The third kappa shape index (κ3) is 5.66. The fraction of sp³-hybridized carbons (Fsp3) is 0.235. The van der Waals surface area contributed by atoms with Crippen LogP contribution in [0.2, 0.25) is 0 Å². The van der Waals surface area contributed by atoms with Gasteiger partial charge in [0.05, 0.1) is 19.8 Å². The van der Waals surface area contributed by atoms with Crippen molar-refractivity contribution in [2.45, 2.75) is 32.2 Å². The van der Waals surface area contributed by atoms with E-state index >= 15 is 0 Å². The lowest BCUT2D eigenvalue weighted by molar-refractivity contribution is -0.146. The molecule has 6 nitrogen and oxygen atoms in total. The van der Waals surface area contributed by atoms with Crippen molar-refractivity contribution in [2.75, 3.05) is 20.3 Å². The molecule has 41 heavy (non-hydrogen) atoms. The van der Waals surface area contributed by atoms with E-state index in [0.717, 1.165) is 12.0 Å². The summed E-state index contributed by atoms with van der Waals surface area (Å²) in [6.45, 7) is 4.52. The highest BCUT2D eigenvalue weighted by atomic mass is 19.1. The lowest BCUT2D eigenvalue weighted by Gasteiger charge is -2.41. The van der Waals surface area contributed by atoms with Crippen LogP contribution in [0.15, 0.2) is 91.0 Å². The zero-order valence-corrected chi connectivity index (χ0v) is 23.3. The van der Waals surface area contributed by atoms with Crippen molar-refractivity contribution < 1.29 is 28.2 Å². The second-order valence-electron chi connectivity index (χ2n) is 9.80. The molecule has 7 heteroatoms. The van der Waals surface area contributed by atoms with E-state index in [1.54, 1.807) is 73.5 Å². The van der Waals surface area contributed by atoms with E-state index in [9.17, 15) is 14.0 Å². The van der Waals surface area contributed by atoms with Crippen LogP contribution >= 0.6 is 0 Å². The molecule has 0 saturated heterocycles. The van der Waals surface area contributed by atoms with Gasteiger partial charge in [0.15, 0.2) is 0 Å². The minimum atomic E-state index is -0.661. The first-order valence-corrected chi connectivity index (χ1v) is 13.7. The zero-order chi connectivity index (χ0) is 28.9. The number of fused-ring (bicyclic) bond motifs is 1. The molecule has 1 amide bonds. The molecular formula is C34H32FNO5. The Morgan fingerprint density at radius 3 is 2.22 bits per heavy atom. The van der Waals surface area contributed by atoms with Gasteiger partial charge < -0.3 is 19.1 Å². The van der Waals surface area contributed by atoms with Gasteiger partial charge in [-0.25, -0.2) is 4.39 Å². The average molecular weight is 554 g/mol. The normalized spacial score (nSPS) is 16.2. The number of carbonyl (C=O) groups excluding carboxylic acids is 2. The van der Waals surface area contributed by atoms with Crippen LogP contribution in [0, 0.1) is 5.82 Å². The number of amides is 1. The zero-order valence-electron chi connectivity index (χ0n) is 23.3. The van der Waals surface area contributed by atoms with Gasteiger partial charge >= 0.3 is 5.97 Å². The van der Waals surface area contributed by atoms with E-state index in [-0.39, 0.29) is 24.3 Å². The molecule has 0 aliphatic carbocycles. The summed E-state index contributed by atoms with van der Waals surface area (Å²) in [6, 6.07) is 25.8. The predicted molar refractivity (Wildman–Crippen MR) is 155 cm³/mol. The lowest BCUT2D eigenvalue weighted by Crippen LogP contribution is -2.45. The number of hydrogen-bond donors (Lipinski definition) is 0. The molecule has 1 aliphatic heterocycles. The number of carbonyl (C=O) groups is 2. The Bertz CT molecular complexity index is 1530. The van der Waals surface area contributed by atoms with Crippen LogP contribution in [-0.2, 0) is 9.53 Å². The summed E-state index contributed by atoms with van der Waals surface area (Å²) in [6.07, 6.45) is 0.738. The van der Waals surface area contributed by atoms with Crippen molar-refractivity contribution in [3.63, 3.8) is 0 Å². The summed E-state index contributed by atoms with van der Waals surface area (Å²) >= 11 is 0. The Morgan fingerprint density at radius 2 is 1.54 bits per heavy atom. The molecule has 0 saturated carbocycles. The summed E-state index contributed by atoms with van der Waals surface area (Å²) in [4.78, 5) is 28.6. The topological polar surface area (TPSA) is 65.1 Å². The number of methoxy groups -OCH3 is 1. The molecule has 0 unspecified atom stereocenters. The van der Waals surface area contributed by atoms with Gasteiger partial charge in [-0.1, -0.05) is 49.4 Å². The molecule has 4 aromatic carbocycles. The first-order chi connectivity index (χ1) is 19.9. The maximum absolute atomic E-state index is 14.7. The minimum Gasteiger partial charge on any atom is -0.497 e. The van der Waals surface area contributed by atoms with E-state index in [4.69, 9.17) is 14.2 Å². The number of esters is 1. The summed E-state index contributed by atoms with van der Waals surface area (Å²) in [7, 11) is 1.58. The van der Waals surface area contributed by atoms with Crippen molar-refractivity contribution in [3.8, 4) is 28.4 Å². The van der Waals surface area contributed by atoms with Crippen LogP contribution < -0.4 is 9.47 Å². The molecule has 0 N–H and O–H groups in total. The Balaban J connectivity index is 1.45. The Labute approximate surface area is 239 Å². The maximum Gasteiger partial charge on any atom is 0.315 e. The van der Waals surface area contributed by atoms with Gasteiger partial charge in [-0.2, -0.15) is 0 Å². The maximum atomic E-state index is 14.7. The summed E-state index contributed by atoms with van der Waals surface area (Å²) in [5, 5.41) is 0. The molecule has 0 fully saturated rings. The fourth-order valence-electron chi connectivity index (χ4n) is 5.36. The van der Waals surface area contributed by atoms with Crippen LogP contribution in [0.3, 0.4) is 0 Å². The molecule has 210 valence electrons. The highest BCUT2D eigenvalue weighted by molar-refractivity contribution is 6.00. The van der Waals surface area contributed by atoms with E-state index in [1.165, 1.54) is 6.07 Å². The van der Waals surface area contributed by atoms with Crippen LogP contribution in [0.25, 0.3) is 11.1 Å². The van der Waals surface area contributed by atoms with Gasteiger partial charge in [0.2, 0.25) is 0 Å². The molecule has 1 heterocycles. The van der Waals surface area contributed by atoms with E-state index in [0.29, 0.717) is 46.0 Å². The molecule has 0 bridgehead atoms. The van der Waals surface area contributed by atoms with Crippen LogP contribution in [0.5, 0.6) is 17.2 Å². The molecule has 1 aliphatic rings. The van der Waals surface area contributed by atoms with Gasteiger partial charge in [0.1, 0.15) is 29.0 Å². The third-order valence-electron chi connectivity index (χ3n) is 7.24. The molecule has 0 spiro atoms. The number of rotatable bonds is 9. The number of hydrogen-bond acceptors (Lipinski definition) is 5. The van der Waals surface area contributed by atoms with Crippen molar-refractivity contribution >= 4 is 11.9 Å². The third-order valence-corrected chi connectivity index (χ3v) is 7.24. The number of nitrogens with zero attached hydrogens (tertiary/aromatic N) is 1. The first kappa shape index (κ1) is 27.9. The Hall–Kier alpha value is -4.65. The van der Waals surface area contributed by atoms with Gasteiger partial charge in [0, 0.05) is 17.7 Å². The number of benzene rings is 4. The van der Waals surface area contributed by atoms with Gasteiger partial charge in [0.25, 0.3) is 5.91 Å². The van der Waals surface area contributed by atoms with Crippen molar-refractivity contribution in [1.82, 2.24) is 4.90 Å². The molecule has 5 rings (SSSR count). The molecule has 4 aromatic rings. The standard InChI is InChI=1S/C34H32FNO5/c1-4-20-36-32(31(34(38)40-5-2)27-8-6-7-9-28(27)33(36)37)23-12-16-25(17-13-23)41-26-18-19-30(35)29(21-26)22-10-14-24(39-3)15-11-22/h6-19,21,31-32H,4-5,20H2,1-3H3/t31-,32+/m1/s1. The highest BCUT2D eigenvalue weighted by Gasteiger charge is 2.44. The Kier molecular flexibility index (Phi) is 8.34. The lowest BCUT2D eigenvalue weighted by atomic mass is 9.79. The van der Waals surface area contributed by atoms with Gasteiger partial charge in [-0.15, -0.1) is 0 Å². The number of halogens is 1. The van der Waals surface area contributed by atoms with Crippen LogP contribution in [0.1, 0.15) is 53.7 Å². The van der Waals surface area contributed by atoms with Crippen molar-refractivity contribution in [2.24, 2.45) is 0 Å². The smallest absolute Gasteiger partial charge is 0.315 e. The summed E-state index contributed by atoms with van der Waals surface area (Å²) in [5.74, 6) is 0.212. The SMILES string of the molecule is CCCN1C(=O)c2ccccc2[C@@H](C(=O)OCC)[C@@H]1c1ccc(Oc2ccc(F)c(-c3ccc(OC)cc3)c2)cc1. The minimum absolute atomic E-state index is 0.106. The van der Waals surface area contributed by atoms with E-state index in [2.05, 4.69) is 0 Å². The van der Waals surface area contributed by atoms with E-state index in [1.807, 2.05) is 37.3 Å². The van der Waals surface area contributed by atoms with Crippen LogP contribution in [-0.4, -0.2) is 37.0 Å². The number of ether oxygens (including phenoxy) is 3. The Morgan fingerprint density at radius 1 is 0.854 bits per heavy atom. The predicted octanol–water partition coefficient (Wildman–Crippen LogP) is 7.55. The average Bonchev–Trinajstić information content (AvgIpc) is 3.00. The molecule has 0 radical (unpaired) electrons. The quantitative estimate of drug-likeness (QED) is 0.200. The van der Waals surface area contributed by atoms with Crippen molar-refractivity contribution in [1.29, 1.82) is 0 Å². The van der Waals surface area contributed by atoms with Gasteiger partial charge in [-0.05, 0) is 78.6 Å². The van der Waals surface area contributed by atoms with Crippen molar-refractivity contribution in [3.05, 3.63) is 114 Å². The van der Waals surface area contributed by atoms with Crippen LogP contribution in [0.4, 0.5) is 4.39 Å². The molecule has 0 aromatic heterocycles. The summed E-state index contributed by atoms with van der Waals surface area (Å²) in [5.41, 5.74) is 3.11. The monoisotopic (exact) mass is 553 g/mol. The molecule has 2 atom stereocenters. The second-order valence-corrected chi connectivity index (χ2v) is 9.80. The van der Waals surface area contributed by atoms with Gasteiger partial charge in [-0.3, -0.25) is 9.59 Å². The first-order valence-electron chi connectivity index (χ1n) is 13.7. The highest BCUT2D eigenvalue weighted by Crippen LogP contribution is 2.44. The van der Waals surface area contributed by atoms with E-state index < -0.39 is 12.0 Å². The fourth-order valence-corrected chi connectivity index (χ4v) is 5.36.